The number of carbonyl (C=O) groups is 3. The summed E-state index contributed by atoms with van der Waals surface area (Å²) in [5, 5.41) is 0. The molecule has 0 aliphatic rings. The number of rotatable bonds is 58. The topological polar surface area (TPSA) is 78.9 Å². The van der Waals surface area contributed by atoms with Crippen LogP contribution in [-0.4, -0.2) is 37.2 Å². The summed E-state index contributed by atoms with van der Waals surface area (Å²) >= 11 is 0. The number of ether oxygens (including phenoxy) is 3. The van der Waals surface area contributed by atoms with Crippen LogP contribution in [0, 0.1) is 0 Å². The molecule has 0 bridgehead atoms. The molecule has 0 heterocycles. The van der Waals surface area contributed by atoms with Gasteiger partial charge in [0.25, 0.3) is 0 Å². The van der Waals surface area contributed by atoms with E-state index in [-0.39, 0.29) is 31.1 Å². The maximum absolute atomic E-state index is 12.8. The Hall–Kier alpha value is -2.63. The maximum atomic E-state index is 12.8. The van der Waals surface area contributed by atoms with Crippen molar-refractivity contribution in [3.63, 3.8) is 0 Å². The Morgan fingerprint density at radius 1 is 0.292 bits per heavy atom. The lowest BCUT2D eigenvalue weighted by Gasteiger charge is -2.18. The van der Waals surface area contributed by atoms with Gasteiger partial charge < -0.3 is 14.2 Å². The SMILES string of the molecule is CC/C=C\C/C=C\C/C=C\CCCCCC(=O)OC(COC(=O)CCCCCCC/C=C\CCCC)COC(=O)CCCCCCCCCCCCCCCCCCCCCCCCCCCCCCCC. The Labute approximate surface area is 448 Å². The monoisotopic (exact) mass is 1010 g/mol. The second-order valence-electron chi connectivity index (χ2n) is 21.3. The van der Waals surface area contributed by atoms with Crippen LogP contribution in [0.25, 0.3) is 0 Å². The molecule has 420 valence electrons. The van der Waals surface area contributed by atoms with E-state index < -0.39 is 6.10 Å². The van der Waals surface area contributed by atoms with E-state index in [4.69, 9.17) is 14.2 Å². The molecule has 1 unspecified atom stereocenters. The van der Waals surface area contributed by atoms with E-state index in [0.717, 1.165) is 89.9 Å². The molecule has 72 heavy (non-hydrogen) atoms. The zero-order valence-electron chi connectivity index (χ0n) is 48.2. The van der Waals surface area contributed by atoms with Crippen LogP contribution in [0.3, 0.4) is 0 Å². The van der Waals surface area contributed by atoms with Crippen LogP contribution in [-0.2, 0) is 28.6 Å². The van der Waals surface area contributed by atoms with E-state index in [1.54, 1.807) is 0 Å². The molecule has 0 fully saturated rings. The van der Waals surface area contributed by atoms with E-state index in [1.807, 2.05) is 0 Å². The molecule has 0 aromatic rings. The van der Waals surface area contributed by atoms with Crippen LogP contribution in [0.2, 0.25) is 0 Å². The van der Waals surface area contributed by atoms with Gasteiger partial charge in [-0.1, -0.05) is 294 Å². The van der Waals surface area contributed by atoms with Crippen molar-refractivity contribution in [1.82, 2.24) is 0 Å². The van der Waals surface area contributed by atoms with E-state index in [0.29, 0.717) is 19.3 Å². The third-order valence-electron chi connectivity index (χ3n) is 14.1. The molecule has 6 nitrogen and oxygen atoms in total. The summed E-state index contributed by atoms with van der Waals surface area (Å²) in [6.07, 6.45) is 75.8. The first-order valence-electron chi connectivity index (χ1n) is 31.6. The van der Waals surface area contributed by atoms with Crippen LogP contribution in [0.5, 0.6) is 0 Å². The fourth-order valence-corrected chi connectivity index (χ4v) is 9.32. The number of hydrogen-bond acceptors (Lipinski definition) is 6. The van der Waals surface area contributed by atoms with Gasteiger partial charge in [-0.05, 0) is 70.6 Å². The first-order valence-corrected chi connectivity index (χ1v) is 31.6. The zero-order chi connectivity index (χ0) is 52.2. The highest BCUT2D eigenvalue weighted by Gasteiger charge is 2.19. The van der Waals surface area contributed by atoms with Crippen molar-refractivity contribution in [3.8, 4) is 0 Å². The van der Waals surface area contributed by atoms with Gasteiger partial charge in [-0.2, -0.15) is 0 Å². The first kappa shape index (κ1) is 69.4. The van der Waals surface area contributed by atoms with Gasteiger partial charge in [-0.15, -0.1) is 0 Å². The van der Waals surface area contributed by atoms with Gasteiger partial charge in [0.05, 0.1) is 0 Å². The van der Waals surface area contributed by atoms with Crippen molar-refractivity contribution in [2.75, 3.05) is 13.2 Å². The molecular weight excluding hydrogens is 889 g/mol. The molecule has 0 aromatic heterocycles. The number of allylic oxidation sites excluding steroid dienone is 8. The number of esters is 3. The minimum absolute atomic E-state index is 0.0849. The minimum atomic E-state index is -0.789. The molecule has 0 amide bonds. The van der Waals surface area contributed by atoms with E-state index in [9.17, 15) is 14.4 Å². The van der Waals surface area contributed by atoms with Crippen LogP contribution in [0.1, 0.15) is 335 Å². The Balaban J connectivity index is 4.08. The molecule has 0 radical (unpaired) electrons. The molecule has 6 heteroatoms. The third kappa shape index (κ3) is 58.3. The van der Waals surface area contributed by atoms with E-state index in [2.05, 4.69) is 69.4 Å². The van der Waals surface area contributed by atoms with Crippen molar-refractivity contribution in [1.29, 1.82) is 0 Å². The number of hydrogen-bond donors (Lipinski definition) is 0. The molecule has 0 spiro atoms. The normalized spacial score (nSPS) is 12.3. The average molecular weight is 1010 g/mol. The Morgan fingerprint density at radius 2 is 0.556 bits per heavy atom. The maximum Gasteiger partial charge on any atom is 0.306 e. The summed E-state index contributed by atoms with van der Waals surface area (Å²) in [7, 11) is 0. The van der Waals surface area contributed by atoms with Gasteiger partial charge in [-0.3, -0.25) is 14.4 Å². The molecule has 0 rings (SSSR count). The van der Waals surface area contributed by atoms with E-state index >= 15 is 0 Å². The molecule has 1 atom stereocenters. The largest absolute Gasteiger partial charge is 0.462 e. The lowest BCUT2D eigenvalue weighted by atomic mass is 10.0. The summed E-state index contributed by atoms with van der Waals surface area (Å²) in [5.41, 5.74) is 0. The van der Waals surface area contributed by atoms with Crippen LogP contribution in [0.15, 0.2) is 48.6 Å². The quantitative estimate of drug-likeness (QED) is 0.0261. The minimum Gasteiger partial charge on any atom is -0.462 e. The molecule has 0 aliphatic heterocycles. The Bertz CT molecular complexity index is 1250. The smallest absolute Gasteiger partial charge is 0.306 e. The highest BCUT2D eigenvalue weighted by Crippen LogP contribution is 2.18. The van der Waals surface area contributed by atoms with Gasteiger partial charge >= 0.3 is 17.9 Å². The van der Waals surface area contributed by atoms with Crippen LogP contribution >= 0.6 is 0 Å². The van der Waals surface area contributed by atoms with Crippen LogP contribution in [0.4, 0.5) is 0 Å². The number of carbonyl (C=O) groups excluding carboxylic acids is 3. The lowest BCUT2D eigenvalue weighted by Crippen LogP contribution is -2.30. The fourth-order valence-electron chi connectivity index (χ4n) is 9.32. The highest BCUT2D eigenvalue weighted by molar-refractivity contribution is 5.71. The zero-order valence-corrected chi connectivity index (χ0v) is 48.2. The summed E-state index contributed by atoms with van der Waals surface area (Å²) in [6, 6.07) is 0. The second-order valence-corrected chi connectivity index (χ2v) is 21.3. The second kappa shape index (κ2) is 60.9. The predicted octanol–water partition coefficient (Wildman–Crippen LogP) is 21.4. The molecule has 0 aliphatic carbocycles. The van der Waals surface area contributed by atoms with Gasteiger partial charge in [-0.25, -0.2) is 0 Å². The van der Waals surface area contributed by atoms with Crippen molar-refractivity contribution >= 4 is 17.9 Å². The van der Waals surface area contributed by atoms with Crippen molar-refractivity contribution in [3.05, 3.63) is 48.6 Å². The summed E-state index contributed by atoms with van der Waals surface area (Å²) in [5.74, 6) is -0.911. The lowest BCUT2D eigenvalue weighted by molar-refractivity contribution is -0.167. The van der Waals surface area contributed by atoms with Crippen molar-refractivity contribution in [2.45, 2.75) is 341 Å². The highest BCUT2D eigenvalue weighted by atomic mass is 16.6. The first-order chi connectivity index (χ1) is 35.5. The molecule has 0 saturated carbocycles. The third-order valence-corrected chi connectivity index (χ3v) is 14.1. The Morgan fingerprint density at radius 3 is 0.917 bits per heavy atom. The van der Waals surface area contributed by atoms with Crippen molar-refractivity contribution in [2.24, 2.45) is 0 Å². The fraction of sp³-hybridized carbons (Fsp3) is 0.833. The van der Waals surface area contributed by atoms with Gasteiger partial charge in [0.2, 0.25) is 0 Å². The standard InChI is InChI=1S/C66H120O6/c1-4-7-10-13-16-19-22-24-25-26-27-28-29-30-31-32-33-34-35-36-37-38-39-40-42-44-47-50-53-56-59-65(68)71-62-63(61-70-64(67)58-55-52-49-46-43-21-18-15-12-9-6-3)72-66(69)60-57-54-51-48-45-41-23-20-17-14-11-8-5-2/h8,11,15,17-18,20,41,45,63H,4-7,9-10,12-14,16,19,21-40,42-44,46-62H2,1-3H3/b11-8-,18-15-,20-17-,45-41-. The number of unbranched alkanes of at least 4 members (excludes halogenated alkanes) is 39. The van der Waals surface area contributed by atoms with Gasteiger partial charge in [0.15, 0.2) is 6.10 Å². The summed E-state index contributed by atoms with van der Waals surface area (Å²) in [4.78, 5) is 38.1. The summed E-state index contributed by atoms with van der Waals surface area (Å²) < 4.78 is 16.8. The van der Waals surface area contributed by atoms with Crippen molar-refractivity contribution < 1.29 is 28.6 Å². The molecule has 0 aromatic carbocycles. The molecular formula is C66H120O6. The average Bonchev–Trinajstić information content (AvgIpc) is 3.38. The van der Waals surface area contributed by atoms with Gasteiger partial charge in [0.1, 0.15) is 13.2 Å². The molecule has 0 saturated heterocycles. The van der Waals surface area contributed by atoms with E-state index in [1.165, 1.54) is 205 Å². The summed E-state index contributed by atoms with van der Waals surface area (Å²) in [6.45, 7) is 6.49. The predicted molar refractivity (Wildman–Crippen MR) is 312 cm³/mol. The van der Waals surface area contributed by atoms with Gasteiger partial charge in [0, 0.05) is 19.3 Å². The van der Waals surface area contributed by atoms with Crippen LogP contribution < -0.4 is 0 Å². The Kier molecular flexibility index (Phi) is 58.7. The molecule has 0 N–H and O–H groups in total.